The van der Waals surface area contributed by atoms with Crippen molar-refractivity contribution in [3.63, 3.8) is 0 Å². The van der Waals surface area contributed by atoms with Crippen molar-refractivity contribution >= 4 is 33.0 Å². The lowest BCUT2D eigenvalue weighted by atomic mass is 10.00. The summed E-state index contributed by atoms with van der Waals surface area (Å²) < 4.78 is 1.05. The molecule has 1 aromatic rings. The molecule has 2 N–H and O–H groups in total. The van der Waals surface area contributed by atoms with E-state index in [9.17, 15) is 4.79 Å². The number of nitrogens with two attached hydrogens (primary N) is 1. The average Bonchev–Trinajstić information content (AvgIpc) is 2.75. The van der Waals surface area contributed by atoms with Gasteiger partial charge >= 0.3 is 0 Å². The Labute approximate surface area is 101 Å². The quantitative estimate of drug-likeness (QED) is 0.868. The van der Waals surface area contributed by atoms with Crippen LogP contribution in [0.3, 0.4) is 0 Å². The highest BCUT2D eigenvalue weighted by Crippen LogP contribution is 2.24. The molecule has 1 aliphatic carbocycles. The predicted octanol–water partition coefficient (Wildman–Crippen LogP) is 2.53. The molecule has 2 rings (SSSR count). The fourth-order valence-corrected chi connectivity index (χ4v) is 3.18. The Hall–Kier alpha value is -0.450. The Morgan fingerprint density at radius 3 is 2.93 bits per heavy atom. The first-order chi connectivity index (χ1) is 7.15. The lowest BCUT2D eigenvalue weighted by Crippen LogP contribution is -2.19. The highest BCUT2D eigenvalue weighted by molar-refractivity contribution is 9.10. The number of ketones is 1. The van der Waals surface area contributed by atoms with Crippen LogP contribution < -0.4 is 5.73 Å². The van der Waals surface area contributed by atoms with Crippen molar-refractivity contribution < 1.29 is 4.79 Å². The Balaban J connectivity index is 1.96. The van der Waals surface area contributed by atoms with E-state index in [0.29, 0.717) is 6.42 Å². The molecular formula is C11H12BrNOS. The van der Waals surface area contributed by atoms with Crippen LogP contribution in [0.1, 0.15) is 11.3 Å². The van der Waals surface area contributed by atoms with Gasteiger partial charge in [0.2, 0.25) is 0 Å². The molecule has 0 saturated carbocycles. The summed E-state index contributed by atoms with van der Waals surface area (Å²) >= 11 is 4.99. The maximum atomic E-state index is 11.9. The Bertz CT molecular complexity index is 399. The maximum absolute atomic E-state index is 11.9. The van der Waals surface area contributed by atoms with Gasteiger partial charge in [0.05, 0.1) is 0 Å². The van der Waals surface area contributed by atoms with Crippen molar-refractivity contribution in [2.75, 3.05) is 0 Å². The Morgan fingerprint density at radius 1 is 1.60 bits per heavy atom. The van der Waals surface area contributed by atoms with Crippen LogP contribution in [-0.4, -0.2) is 11.8 Å². The number of hydrogen-bond donors (Lipinski definition) is 1. The minimum atomic E-state index is 0.0286. The van der Waals surface area contributed by atoms with Crippen molar-refractivity contribution in [1.82, 2.24) is 0 Å². The third-order valence-corrected chi connectivity index (χ3v) is 4.20. The highest BCUT2D eigenvalue weighted by Gasteiger charge is 2.22. The van der Waals surface area contributed by atoms with Crippen LogP contribution in [0.5, 0.6) is 0 Å². The average molecular weight is 286 g/mol. The fraction of sp³-hybridized carbons (Fsp3) is 0.364. The van der Waals surface area contributed by atoms with Crippen LogP contribution in [-0.2, 0) is 11.2 Å². The van der Waals surface area contributed by atoms with Crippen LogP contribution >= 0.6 is 27.3 Å². The molecular weight excluding hydrogens is 274 g/mol. The molecule has 1 aliphatic rings. The summed E-state index contributed by atoms with van der Waals surface area (Å²) in [5.41, 5.74) is 5.72. The van der Waals surface area contributed by atoms with Crippen LogP contribution in [0, 0.1) is 5.92 Å². The van der Waals surface area contributed by atoms with Crippen molar-refractivity contribution in [2.45, 2.75) is 18.9 Å². The van der Waals surface area contributed by atoms with Crippen LogP contribution in [0.15, 0.2) is 28.1 Å². The van der Waals surface area contributed by atoms with E-state index in [0.717, 1.165) is 15.8 Å². The largest absolute Gasteiger partial charge is 0.324 e. The minimum absolute atomic E-state index is 0.0286. The summed E-state index contributed by atoms with van der Waals surface area (Å²) in [4.78, 5) is 13.0. The molecule has 2 unspecified atom stereocenters. The van der Waals surface area contributed by atoms with Gasteiger partial charge < -0.3 is 5.73 Å². The van der Waals surface area contributed by atoms with Crippen molar-refractivity contribution in [3.8, 4) is 0 Å². The molecule has 4 heteroatoms. The van der Waals surface area contributed by atoms with E-state index < -0.39 is 0 Å². The molecule has 2 atom stereocenters. The number of Topliss-reactive ketones (excluding diaryl/α,β-unsaturated/α-hetero) is 1. The van der Waals surface area contributed by atoms with Gasteiger partial charge in [-0.3, -0.25) is 4.79 Å². The molecule has 2 nitrogen and oxygen atoms in total. The van der Waals surface area contributed by atoms with E-state index in [-0.39, 0.29) is 17.7 Å². The van der Waals surface area contributed by atoms with E-state index in [1.54, 1.807) is 11.3 Å². The van der Waals surface area contributed by atoms with Gasteiger partial charge in [-0.05, 0) is 28.4 Å². The van der Waals surface area contributed by atoms with Gasteiger partial charge in [0.1, 0.15) is 5.78 Å². The van der Waals surface area contributed by atoms with Gasteiger partial charge in [-0.1, -0.05) is 12.2 Å². The lowest BCUT2D eigenvalue weighted by Gasteiger charge is -2.06. The van der Waals surface area contributed by atoms with Gasteiger partial charge in [-0.25, -0.2) is 0 Å². The number of thiophene rings is 1. The standard InChI is InChI=1S/C11H12BrNOS/c12-8-4-10(15-6-8)5-11(14)7-1-2-9(13)3-7/h1-2,4,6-7,9H,3,5,13H2. The van der Waals surface area contributed by atoms with Gasteiger partial charge in [0.25, 0.3) is 0 Å². The second-order valence-corrected chi connectivity index (χ2v) is 5.68. The summed E-state index contributed by atoms with van der Waals surface area (Å²) in [6, 6.07) is 2.07. The minimum Gasteiger partial charge on any atom is -0.324 e. The van der Waals surface area contributed by atoms with E-state index >= 15 is 0 Å². The van der Waals surface area contributed by atoms with Crippen LogP contribution in [0.2, 0.25) is 0 Å². The molecule has 0 fully saturated rings. The molecule has 1 heterocycles. The molecule has 0 radical (unpaired) electrons. The Kier molecular flexibility index (Phi) is 3.38. The van der Waals surface area contributed by atoms with Crippen molar-refractivity contribution in [2.24, 2.45) is 11.7 Å². The second kappa shape index (κ2) is 4.60. The zero-order chi connectivity index (χ0) is 10.8. The summed E-state index contributed by atoms with van der Waals surface area (Å²) in [6.45, 7) is 0. The summed E-state index contributed by atoms with van der Waals surface area (Å²) in [7, 11) is 0. The van der Waals surface area contributed by atoms with E-state index in [2.05, 4.69) is 15.9 Å². The number of carbonyl (C=O) groups is 1. The van der Waals surface area contributed by atoms with Crippen molar-refractivity contribution in [3.05, 3.63) is 32.9 Å². The number of rotatable bonds is 3. The van der Waals surface area contributed by atoms with E-state index in [1.807, 2.05) is 23.6 Å². The number of carbonyl (C=O) groups excluding carboxylic acids is 1. The molecule has 0 aliphatic heterocycles. The molecule has 0 saturated heterocycles. The summed E-state index contributed by atoms with van der Waals surface area (Å²) in [5.74, 6) is 0.300. The monoisotopic (exact) mass is 285 g/mol. The molecule has 1 aromatic heterocycles. The normalized spacial score (nSPS) is 24.7. The fourth-order valence-electron chi connectivity index (χ4n) is 1.72. The second-order valence-electron chi connectivity index (χ2n) is 3.77. The summed E-state index contributed by atoms with van der Waals surface area (Å²) in [6.07, 6.45) is 5.16. The SMILES string of the molecule is NC1C=CC(C(=O)Cc2cc(Br)cs2)C1. The van der Waals surface area contributed by atoms with E-state index in [1.165, 1.54) is 0 Å². The molecule has 0 bridgehead atoms. The first kappa shape index (κ1) is 11.0. The lowest BCUT2D eigenvalue weighted by molar-refractivity contribution is -0.120. The smallest absolute Gasteiger partial charge is 0.144 e. The number of hydrogen-bond acceptors (Lipinski definition) is 3. The third kappa shape index (κ3) is 2.77. The van der Waals surface area contributed by atoms with Crippen LogP contribution in [0.4, 0.5) is 0 Å². The van der Waals surface area contributed by atoms with Gasteiger partial charge in [-0.2, -0.15) is 0 Å². The molecule has 80 valence electrons. The van der Waals surface area contributed by atoms with Gasteiger partial charge in [-0.15, -0.1) is 11.3 Å². The van der Waals surface area contributed by atoms with Gasteiger partial charge in [0, 0.05) is 33.1 Å². The topological polar surface area (TPSA) is 43.1 Å². The third-order valence-electron chi connectivity index (χ3n) is 2.50. The first-order valence-electron chi connectivity index (χ1n) is 4.84. The zero-order valence-electron chi connectivity index (χ0n) is 8.15. The maximum Gasteiger partial charge on any atom is 0.144 e. The number of halogens is 1. The first-order valence-corrected chi connectivity index (χ1v) is 6.52. The Morgan fingerprint density at radius 2 is 2.40 bits per heavy atom. The molecule has 0 spiro atoms. The molecule has 0 amide bonds. The van der Waals surface area contributed by atoms with Crippen molar-refractivity contribution in [1.29, 1.82) is 0 Å². The predicted molar refractivity (Wildman–Crippen MR) is 66.0 cm³/mol. The number of allylic oxidation sites excluding steroid dienone is 1. The zero-order valence-corrected chi connectivity index (χ0v) is 10.6. The van der Waals surface area contributed by atoms with Crippen LogP contribution in [0.25, 0.3) is 0 Å². The van der Waals surface area contributed by atoms with Gasteiger partial charge in [0.15, 0.2) is 0 Å². The summed E-state index contributed by atoms with van der Waals surface area (Å²) in [5, 5.41) is 2.00. The molecule has 0 aromatic carbocycles. The molecule has 15 heavy (non-hydrogen) atoms. The highest BCUT2D eigenvalue weighted by atomic mass is 79.9. The van der Waals surface area contributed by atoms with E-state index in [4.69, 9.17) is 5.73 Å².